The Balaban J connectivity index is 0.00000306. The van der Waals surface area contributed by atoms with E-state index in [1.165, 1.54) is 16.6 Å². The Morgan fingerprint density at radius 1 is 0.848 bits per heavy atom. The molecular formula is C28H33ClN2O2. The molecule has 2 aromatic rings. The van der Waals surface area contributed by atoms with Crippen LogP contribution in [0.1, 0.15) is 27.7 Å². The summed E-state index contributed by atoms with van der Waals surface area (Å²) in [6.45, 7) is 12.6. The van der Waals surface area contributed by atoms with Gasteiger partial charge in [0, 0.05) is 47.4 Å². The maximum Gasteiger partial charge on any atom is 0.203 e. The second-order valence-corrected chi connectivity index (χ2v) is 7.91. The summed E-state index contributed by atoms with van der Waals surface area (Å²) in [5, 5.41) is 2.31. The number of benzene rings is 3. The summed E-state index contributed by atoms with van der Waals surface area (Å²) in [6.07, 6.45) is 0. The average molecular weight is 465 g/mol. The third-order valence-electron chi connectivity index (χ3n) is 6.32. The van der Waals surface area contributed by atoms with Gasteiger partial charge in [-0.25, -0.2) is 4.58 Å². The highest BCUT2D eigenvalue weighted by molar-refractivity contribution is 6.02. The highest BCUT2D eigenvalue weighted by atomic mass is 35.5. The molecule has 0 unspecified atom stereocenters. The van der Waals surface area contributed by atoms with Crippen molar-refractivity contribution in [1.29, 1.82) is 0 Å². The van der Waals surface area contributed by atoms with Gasteiger partial charge in [0.1, 0.15) is 30.2 Å². The van der Waals surface area contributed by atoms with Gasteiger partial charge < -0.3 is 26.5 Å². The number of fused-ring (bicyclic) bond motifs is 2. The fraction of sp³-hybridized carbons (Fsp3) is 0.321. The van der Waals surface area contributed by atoms with E-state index < -0.39 is 0 Å². The minimum Gasteiger partial charge on any atom is -1.00 e. The van der Waals surface area contributed by atoms with E-state index in [1.54, 1.807) is 7.11 Å². The van der Waals surface area contributed by atoms with Gasteiger partial charge in [-0.05, 0) is 63.6 Å². The van der Waals surface area contributed by atoms with E-state index in [-0.39, 0.29) is 12.4 Å². The van der Waals surface area contributed by atoms with E-state index >= 15 is 0 Å². The van der Waals surface area contributed by atoms with Gasteiger partial charge in [0.2, 0.25) is 5.36 Å². The molecule has 1 aliphatic carbocycles. The SMILES string of the molecule is CCN(CC)c1ccc2c(-c3ccc(OC)cc3)c3ccc(=[N+](CC)CC)cc-3oc2c1.[Cl-]. The summed E-state index contributed by atoms with van der Waals surface area (Å²) in [6, 6.07) is 21.5. The van der Waals surface area contributed by atoms with Crippen LogP contribution in [0.2, 0.25) is 0 Å². The van der Waals surface area contributed by atoms with E-state index in [9.17, 15) is 0 Å². The van der Waals surface area contributed by atoms with Crippen molar-refractivity contribution < 1.29 is 21.6 Å². The Hall–Kier alpha value is -2.98. The van der Waals surface area contributed by atoms with Crippen molar-refractivity contribution in [2.45, 2.75) is 27.7 Å². The minimum absolute atomic E-state index is 0. The van der Waals surface area contributed by atoms with Crippen LogP contribution in [-0.2, 0) is 0 Å². The summed E-state index contributed by atoms with van der Waals surface area (Å²) in [5.41, 5.74) is 5.56. The van der Waals surface area contributed by atoms with Crippen molar-refractivity contribution in [2.75, 3.05) is 38.2 Å². The molecule has 0 aromatic heterocycles. The van der Waals surface area contributed by atoms with Gasteiger partial charge in [0.15, 0.2) is 0 Å². The lowest BCUT2D eigenvalue weighted by Crippen LogP contribution is -3.00. The largest absolute Gasteiger partial charge is 1.00 e. The summed E-state index contributed by atoms with van der Waals surface area (Å²) in [5.74, 6) is 1.76. The lowest BCUT2D eigenvalue weighted by atomic mass is 9.93. The van der Waals surface area contributed by atoms with Crippen LogP contribution in [0.4, 0.5) is 5.69 Å². The highest BCUT2D eigenvalue weighted by Gasteiger charge is 2.19. The van der Waals surface area contributed by atoms with Crippen molar-refractivity contribution in [2.24, 2.45) is 0 Å². The molecule has 0 radical (unpaired) electrons. The summed E-state index contributed by atoms with van der Waals surface area (Å²) in [4.78, 5) is 2.35. The molecule has 0 N–H and O–H groups in total. The van der Waals surface area contributed by atoms with Gasteiger partial charge in [-0.1, -0.05) is 12.1 Å². The summed E-state index contributed by atoms with van der Waals surface area (Å²) in [7, 11) is 1.70. The van der Waals surface area contributed by atoms with Gasteiger partial charge in [-0.3, -0.25) is 0 Å². The minimum atomic E-state index is 0. The van der Waals surface area contributed by atoms with Crippen LogP contribution in [0.15, 0.2) is 65.1 Å². The van der Waals surface area contributed by atoms with Crippen LogP contribution in [0.25, 0.3) is 33.4 Å². The molecule has 0 saturated heterocycles. The van der Waals surface area contributed by atoms with Gasteiger partial charge in [0.05, 0.1) is 13.2 Å². The van der Waals surface area contributed by atoms with Crippen molar-refractivity contribution >= 4 is 16.7 Å². The number of hydrogen-bond donors (Lipinski definition) is 0. The lowest BCUT2D eigenvalue weighted by Gasteiger charge is -2.22. The van der Waals surface area contributed by atoms with Crippen molar-refractivity contribution in [3.8, 4) is 28.2 Å². The Morgan fingerprint density at radius 3 is 2.15 bits per heavy atom. The second-order valence-electron chi connectivity index (χ2n) is 7.91. The fourth-order valence-electron chi connectivity index (χ4n) is 4.51. The first-order chi connectivity index (χ1) is 15.6. The van der Waals surface area contributed by atoms with Crippen LogP contribution < -0.4 is 32.0 Å². The number of methoxy groups -OCH3 is 1. The smallest absolute Gasteiger partial charge is 0.203 e. The normalized spacial score (nSPS) is 10.8. The molecule has 0 saturated carbocycles. The zero-order valence-corrected chi connectivity index (χ0v) is 20.9. The number of nitrogens with zero attached hydrogens (tertiary/aromatic N) is 2. The van der Waals surface area contributed by atoms with Crippen molar-refractivity contribution in [3.05, 3.63) is 66.0 Å². The predicted octanol–water partition coefficient (Wildman–Crippen LogP) is 2.88. The first-order valence-corrected chi connectivity index (χ1v) is 11.6. The molecule has 0 amide bonds. The molecular weight excluding hydrogens is 432 g/mol. The molecule has 33 heavy (non-hydrogen) atoms. The molecule has 0 fully saturated rings. The van der Waals surface area contributed by atoms with E-state index in [2.05, 4.69) is 85.7 Å². The van der Waals surface area contributed by atoms with E-state index in [0.717, 1.165) is 59.8 Å². The molecule has 174 valence electrons. The monoisotopic (exact) mass is 464 g/mol. The predicted molar refractivity (Wildman–Crippen MR) is 135 cm³/mol. The molecule has 4 nitrogen and oxygen atoms in total. The summed E-state index contributed by atoms with van der Waals surface area (Å²) >= 11 is 0. The quantitative estimate of drug-likeness (QED) is 0.311. The molecule has 0 spiro atoms. The zero-order chi connectivity index (χ0) is 22.7. The molecule has 5 heteroatoms. The molecule has 4 rings (SSSR count). The molecule has 1 aliphatic heterocycles. The molecule has 0 atom stereocenters. The molecule has 1 heterocycles. The van der Waals surface area contributed by atoms with E-state index in [4.69, 9.17) is 9.15 Å². The Labute approximate surface area is 202 Å². The van der Waals surface area contributed by atoms with Crippen LogP contribution in [0.3, 0.4) is 0 Å². The Morgan fingerprint density at radius 2 is 1.55 bits per heavy atom. The van der Waals surface area contributed by atoms with Gasteiger partial charge in [-0.2, -0.15) is 0 Å². The molecule has 2 aliphatic rings. The topological polar surface area (TPSA) is 28.6 Å². The lowest BCUT2D eigenvalue weighted by molar-refractivity contribution is -0.00000738. The van der Waals surface area contributed by atoms with Gasteiger partial charge in [-0.15, -0.1) is 0 Å². The highest BCUT2D eigenvalue weighted by Crippen LogP contribution is 2.41. The fourth-order valence-corrected chi connectivity index (χ4v) is 4.51. The molecule has 0 bridgehead atoms. The van der Waals surface area contributed by atoms with E-state index in [0.29, 0.717) is 0 Å². The number of ether oxygens (including phenoxy) is 1. The van der Waals surface area contributed by atoms with Crippen LogP contribution in [0.5, 0.6) is 5.75 Å². The first-order valence-electron chi connectivity index (χ1n) is 11.6. The number of halogens is 1. The zero-order valence-electron chi connectivity index (χ0n) is 20.2. The van der Waals surface area contributed by atoms with E-state index in [1.807, 2.05) is 12.1 Å². The second kappa shape index (κ2) is 10.8. The average Bonchev–Trinajstić information content (AvgIpc) is 2.84. The standard InChI is InChI=1S/C28H33N2O2.ClH/c1-6-29(7-2)21-12-16-24-26(18-21)32-27-19-22(30(8-3)9-4)13-17-25(27)28(24)20-10-14-23(31-5)15-11-20;/h10-19H,6-9H2,1-5H3;1H/q+1;/p-1. The van der Waals surface area contributed by atoms with Gasteiger partial charge in [0.25, 0.3) is 0 Å². The molecule has 2 aromatic carbocycles. The third-order valence-corrected chi connectivity index (χ3v) is 6.32. The Bertz CT molecular complexity index is 1250. The van der Waals surface area contributed by atoms with Crippen LogP contribution in [0, 0.1) is 0 Å². The van der Waals surface area contributed by atoms with Crippen molar-refractivity contribution in [3.63, 3.8) is 0 Å². The number of anilines is 1. The van der Waals surface area contributed by atoms with Crippen molar-refractivity contribution in [1.82, 2.24) is 4.58 Å². The number of rotatable bonds is 7. The first kappa shape index (κ1) is 24.7. The maximum absolute atomic E-state index is 6.53. The Kier molecular flexibility index (Phi) is 8.04. The number of hydrogen-bond acceptors (Lipinski definition) is 3. The maximum atomic E-state index is 6.53. The third kappa shape index (κ3) is 4.72. The van der Waals surface area contributed by atoms with Gasteiger partial charge >= 0.3 is 0 Å². The van der Waals surface area contributed by atoms with Crippen LogP contribution in [-0.4, -0.2) is 33.3 Å². The van der Waals surface area contributed by atoms with Crippen LogP contribution >= 0.6 is 0 Å². The summed E-state index contributed by atoms with van der Waals surface area (Å²) < 4.78 is 14.3.